The van der Waals surface area contributed by atoms with Gasteiger partial charge in [-0.15, -0.1) is 6.42 Å². The van der Waals surface area contributed by atoms with E-state index in [0.29, 0.717) is 13.3 Å². The first-order chi connectivity index (χ1) is 7.28. The number of hydrogen-bond acceptors (Lipinski definition) is 1. The van der Waals surface area contributed by atoms with Gasteiger partial charge in [-0.2, -0.15) is 6.08 Å². The summed E-state index contributed by atoms with van der Waals surface area (Å²) < 4.78 is 0. The maximum Gasteiger partial charge on any atom is 0 e. The summed E-state index contributed by atoms with van der Waals surface area (Å²) in [6.45, 7) is 7.93. The van der Waals surface area contributed by atoms with Crippen LogP contribution in [0, 0.1) is 6.08 Å². The molecular weight excluding hydrogens is 575 g/mol. The molecule has 94 valence electrons. The number of rotatable bonds is 5. The van der Waals surface area contributed by atoms with Gasteiger partial charge < -0.3 is 4.90 Å². The Morgan fingerprint density at radius 2 is 1.94 bits per heavy atom. The van der Waals surface area contributed by atoms with Crippen LogP contribution in [0.1, 0.15) is 26.7 Å². The van der Waals surface area contributed by atoms with Crippen molar-refractivity contribution in [3.8, 4) is 0 Å². The van der Waals surface area contributed by atoms with Crippen molar-refractivity contribution < 1.29 is 35.0 Å². The fourth-order valence-corrected chi connectivity index (χ4v) is 1.44. The number of hydrogen-bond donors (Lipinski definition) is 0. The van der Waals surface area contributed by atoms with E-state index in [1.54, 1.807) is 0 Å². The van der Waals surface area contributed by atoms with E-state index in [0.717, 1.165) is 25.9 Å². The van der Waals surface area contributed by atoms with E-state index in [-0.39, 0.29) is 21.7 Å². The zero-order valence-corrected chi connectivity index (χ0v) is 17.8. The second kappa shape index (κ2) is 15.4. The third kappa shape index (κ3) is 11.4. The monoisotopic (exact) mass is 593 g/mol. The van der Waals surface area contributed by atoms with Crippen molar-refractivity contribution in [3.63, 3.8) is 0 Å². The van der Waals surface area contributed by atoms with Crippen molar-refractivity contribution >= 4 is 37.2 Å². The Labute approximate surface area is 145 Å². The van der Waals surface area contributed by atoms with E-state index in [1.807, 2.05) is 0 Å². The number of allylic oxidation sites excluding steroid dienone is 3. The average molecular weight is 593 g/mol. The Balaban J connectivity index is 0. The first-order valence-electron chi connectivity index (χ1n) is 5.14. The van der Waals surface area contributed by atoms with Gasteiger partial charge in [0.05, 0.1) is 0 Å². The molecule has 0 saturated heterocycles. The molecule has 0 N–H and O–H groups in total. The van der Waals surface area contributed by atoms with Gasteiger partial charge in [0.25, 0.3) is 0 Å². The Kier molecular flexibility index (Phi) is 19.9. The third-order valence-corrected chi connectivity index (χ3v) is 2.36. The molecule has 1 aliphatic rings. The van der Waals surface area contributed by atoms with Gasteiger partial charge in [0.1, 0.15) is 0 Å². The Hall–Kier alpha value is 2.34. The quantitative estimate of drug-likeness (QED) is 0.264. The fourth-order valence-electron chi connectivity index (χ4n) is 1.44. The second-order valence-electron chi connectivity index (χ2n) is 3.14. The van der Waals surface area contributed by atoms with E-state index in [9.17, 15) is 0 Å². The van der Waals surface area contributed by atoms with Crippen molar-refractivity contribution in [2.75, 3.05) is 19.6 Å². The normalized spacial score (nSPS) is 13.2. The van der Waals surface area contributed by atoms with Crippen LogP contribution < -0.4 is 13.3 Å². The van der Waals surface area contributed by atoms with Crippen LogP contribution in [0.15, 0.2) is 17.7 Å². The molecule has 5 heteroatoms. The molecular formula is C11H18I3NTi-2. The molecule has 1 nitrogen and oxygen atoms in total. The van der Waals surface area contributed by atoms with Crippen molar-refractivity contribution in [1.29, 1.82) is 0 Å². The maximum atomic E-state index is 3.34. The first-order valence-corrected chi connectivity index (χ1v) is 17.7. The molecule has 0 atom stereocenters. The Morgan fingerprint density at radius 1 is 1.38 bits per heavy atom. The zero-order valence-electron chi connectivity index (χ0n) is 9.77. The van der Waals surface area contributed by atoms with Crippen LogP contribution in [0.2, 0.25) is 0 Å². The largest absolute Gasteiger partial charge is 0 e. The molecule has 0 bridgehead atoms. The van der Waals surface area contributed by atoms with Crippen LogP contribution in [0.25, 0.3) is 0 Å². The van der Waals surface area contributed by atoms with E-state index >= 15 is 0 Å². The van der Waals surface area contributed by atoms with Crippen LogP contribution in [-0.4, -0.2) is 24.5 Å². The fraction of sp³-hybridized carbons (Fsp3) is 0.636. The van der Waals surface area contributed by atoms with Crippen molar-refractivity contribution in [2.45, 2.75) is 26.7 Å². The van der Waals surface area contributed by atoms with E-state index in [4.69, 9.17) is 0 Å². The topological polar surface area (TPSA) is 3.24 Å². The SMILES string of the molecule is CCN(CC)CCC1=[C-]CC=C1.I[I-]I.[Ti]. The summed E-state index contributed by atoms with van der Waals surface area (Å²) in [5.41, 5.74) is 1.39. The molecule has 0 radical (unpaired) electrons. The van der Waals surface area contributed by atoms with Crippen LogP contribution in [0.3, 0.4) is 0 Å². The molecule has 0 saturated carbocycles. The molecule has 1 aliphatic carbocycles. The molecule has 0 aromatic rings. The molecule has 0 unspecified atom stereocenters. The van der Waals surface area contributed by atoms with Crippen LogP contribution >= 0.6 is 37.2 Å². The molecule has 0 aromatic carbocycles. The predicted octanol–water partition coefficient (Wildman–Crippen LogP) is 1.18. The third-order valence-electron chi connectivity index (χ3n) is 2.36. The second-order valence-corrected chi connectivity index (χ2v) is 19.4. The van der Waals surface area contributed by atoms with Crippen LogP contribution in [0.5, 0.6) is 0 Å². The average Bonchev–Trinajstić information content (AvgIpc) is 2.73. The summed E-state index contributed by atoms with van der Waals surface area (Å²) in [6.07, 6.45) is 9.90. The van der Waals surface area contributed by atoms with Crippen molar-refractivity contribution in [1.82, 2.24) is 4.90 Å². The summed E-state index contributed by atoms with van der Waals surface area (Å²) >= 11 is 5.30. The smallest absolute Gasteiger partial charge is 0 e. The summed E-state index contributed by atoms with van der Waals surface area (Å²) in [7, 11) is 0. The van der Waals surface area contributed by atoms with Crippen LogP contribution in [0.4, 0.5) is 0 Å². The Morgan fingerprint density at radius 3 is 2.31 bits per heavy atom. The van der Waals surface area contributed by atoms with Gasteiger partial charge in [-0.25, -0.2) is 11.6 Å². The molecule has 0 spiro atoms. The van der Waals surface area contributed by atoms with Gasteiger partial charge in [0.2, 0.25) is 0 Å². The van der Waals surface area contributed by atoms with Gasteiger partial charge in [0, 0.05) is 21.7 Å². The van der Waals surface area contributed by atoms with Gasteiger partial charge in [0.15, 0.2) is 0 Å². The van der Waals surface area contributed by atoms with E-state index in [2.05, 4.69) is 74.2 Å². The molecule has 0 aliphatic heterocycles. The standard InChI is InChI=1S/C11H18N.I3.Ti/c1-3-12(4-2)10-9-11-7-5-6-8-11;1-3-2;/h5,7H,3-4,6,9-10H2,1-2H3;;/q2*-1;. The van der Waals surface area contributed by atoms with Gasteiger partial charge >= 0.3 is 50.5 Å². The summed E-state index contributed by atoms with van der Waals surface area (Å²) in [6, 6.07) is 0. The van der Waals surface area contributed by atoms with Crippen molar-refractivity contribution in [3.05, 3.63) is 23.8 Å². The van der Waals surface area contributed by atoms with Gasteiger partial charge in [-0.3, -0.25) is 6.08 Å². The molecule has 0 aromatic heterocycles. The molecule has 1 rings (SSSR count). The molecule has 16 heavy (non-hydrogen) atoms. The van der Waals surface area contributed by atoms with Gasteiger partial charge in [-0.05, 0) is 26.1 Å². The minimum absolute atomic E-state index is 0. The first kappa shape index (κ1) is 20.7. The van der Waals surface area contributed by atoms with Crippen molar-refractivity contribution in [2.24, 2.45) is 0 Å². The Bertz CT molecular complexity index is 203. The predicted molar refractivity (Wildman–Crippen MR) is 81.0 cm³/mol. The summed E-state index contributed by atoms with van der Waals surface area (Å²) in [4.78, 5) is 2.45. The maximum absolute atomic E-state index is 3.34. The van der Waals surface area contributed by atoms with E-state index < -0.39 is 0 Å². The minimum atomic E-state index is 0. The zero-order chi connectivity index (χ0) is 11.5. The van der Waals surface area contributed by atoms with E-state index in [1.165, 1.54) is 12.1 Å². The summed E-state index contributed by atoms with van der Waals surface area (Å²) in [5.74, 6) is 0. The number of nitrogens with zero attached hydrogens (tertiary/aromatic N) is 1. The summed E-state index contributed by atoms with van der Waals surface area (Å²) in [5, 5.41) is 0. The molecule has 0 amide bonds. The molecule has 0 heterocycles. The minimum Gasteiger partial charge on any atom is 0 e. The van der Waals surface area contributed by atoms with Gasteiger partial charge in [-0.1, -0.05) is 13.8 Å². The number of halogens is 3. The molecule has 0 fully saturated rings. The van der Waals surface area contributed by atoms with Crippen LogP contribution in [-0.2, 0) is 21.7 Å².